The molecule has 5 nitrogen and oxygen atoms in total. The number of rotatable bonds is 10. The smallest absolute Gasteiger partial charge is 0.191 e. The van der Waals surface area contributed by atoms with Crippen molar-refractivity contribution < 1.29 is 9.47 Å². The molecular weight excluding hydrogens is 417 g/mol. The average Bonchev–Trinajstić information content (AvgIpc) is 2.55. The lowest BCUT2D eigenvalue weighted by Gasteiger charge is -2.17. The molecule has 0 heterocycles. The van der Waals surface area contributed by atoms with E-state index in [-0.39, 0.29) is 36.1 Å². The van der Waals surface area contributed by atoms with Gasteiger partial charge in [-0.25, -0.2) is 0 Å². The SMILES string of the molecule is CCNC(=NCCCOC(C)c1ccccc1)NC(C)COC.I. The van der Waals surface area contributed by atoms with Gasteiger partial charge >= 0.3 is 0 Å². The van der Waals surface area contributed by atoms with Crippen LogP contribution in [0.25, 0.3) is 0 Å². The summed E-state index contributed by atoms with van der Waals surface area (Å²) in [5.74, 6) is 0.827. The van der Waals surface area contributed by atoms with Crippen molar-refractivity contribution in [3.8, 4) is 0 Å². The minimum atomic E-state index is 0. The highest BCUT2D eigenvalue weighted by molar-refractivity contribution is 14.0. The van der Waals surface area contributed by atoms with Crippen LogP contribution in [0.5, 0.6) is 0 Å². The Morgan fingerprint density at radius 1 is 1.21 bits per heavy atom. The Labute approximate surface area is 163 Å². The Morgan fingerprint density at radius 2 is 1.92 bits per heavy atom. The minimum Gasteiger partial charge on any atom is -0.383 e. The monoisotopic (exact) mass is 449 g/mol. The van der Waals surface area contributed by atoms with E-state index in [4.69, 9.17) is 9.47 Å². The lowest BCUT2D eigenvalue weighted by atomic mass is 10.1. The van der Waals surface area contributed by atoms with Crippen molar-refractivity contribution in [1.29, 1.82) is 0 Å². The van der Waals surface area contributed by atoms with Crippen LogP contribution in [0.1, 0.15) is 38.9 Å². The molecule has 0 aliphatic heterocycles. The van der Waals surface area contributed by atoms with E-state index in [1.54, 1.807) is 7.11 Å². The number of benzene rings is 1. The van der Waals surface area contributed by atoms with E-state index in [2.05, 4.69) is 48.5 Å². The molecule has 1 aromatic carbocycles. The first-order valence-corrected chi connectivity index (χ1v) is 8.37. The zero-order valence-electron chi connectivity index (χ0n) is 15.2. The van der Waals surface area contributed by atoms with Crippen LogP contribution in [0.4, 0.5) is 0 Å². The van der Waals surface area contributed by atoms with E-state index in [0.717, 1.165) is 25.5 Å². The Morgan fingerprint density at radius 3 is 2.54 bits per heavy atom. The summed E-state index contributed by atoms with van der Waals surface area (Å²) in [5, 5.41) is 6.56. The van der Waals surface area contributed by atoms with Crippen molar-refractivity contribution in [2.45, 2.75) is 39.3 Å². The van der Waals surface area contributed by atoms with Gasteiger partial charge in [0, 0.05) is 32.8 Å². The summed E-state index contributed by atoms with van der Waals surface area (Å²) in [4.78, 5) is 4.56. The Kier molecular flexibility index (Phi) is 14.0. The van der Waals surface area contributed by atoms with Crippen LogP contribution in [0, 0.1) is 0 Å². The van der Waals surface area contributed by atoms with Gasteiger partial charge in [0.15, 0.2) is 5.96 Å². The fraction of sp³-hybridized carbons (Fsp3) is 0.611. The first-order chi connectivity index (χ1) is 11.2. The van der Waals surface area contributed by atoms with Crippen LogP contribution in [0.3, 0.4) is 0 Å². The first kappa shape index (κ1) is 23.1. The fourth-order valence-corrected chi connectivity index (χ4v) is 2.18. The molecular formula is C18H32IN3O2. The number of nitrogens with one attached hydrogen (secondary N) is 2. The molecule has 0 fully saturated rings. The molecule has 138 valence electrons. The zero-order chi connectivity index (χ0) is 16.9. The number of halogens is 1. The van der Waals surface area contributed by atoms with Gasteiger partial charge < -0.3 is 20.1 Å². The van der Waals surface area contributed by atoms with Gasteiger partial charge in [0.1, 0.15) is 0 Å². The third-order valence-electron chi connectivity index (χ3n) is 3.35. The number of guanidine groups is 1. The summed E-state index contributed by atoms with van der Waals surface area (Å²) < 4.78 is 11.0. The van der Waals surface area contributed by atoms with E-state index >= 15 is 0 Å². The van der Waals surface area contributed by atoms with Gasteiger partial charge in [-0.15, -0.1) is 24.0 Å². The van der Waals surface area contributed by atoms with Gasteiger partial charge in [-0.1, -0.05) is 30.3 Å². The lowest BCUT2D eigenvalue weighted by molar-refractivity contribution is 0.0652. The van der Waals surface area contributed by atoms with E-state index in [1.807, 2.05) is 18.2 Å². The summed E-state index contributed by atoms with van der Waals surface area (Å²) in [7, 11) is 1.70. The van der Waals surface area contributed by atoms with Crippen molar-refractivity contribution in [3.63, 3.8) is 0 Å². The lowest BCUT2D eigenvalue weighted by Crippen LogP contribution is -2.44. The van der Waals surface area contributed by atoms with E-state index in [9.17, 15) is 0 Å². The van der Waals surface area contributed by atoms with Crippen molar-refractivity contribution in [3.05, 3.63) is 35.9 Å². The molecule has 1 rings (SSSR count). The minimum absolute atomic E-state index is 0. The van der Waals surface area contributed by atoms with Gasteiger partial charge in [0.05, 0.1) is 12.7 Å². The van der Waals surface area contributed by atoms with Crippen molar-refractivity contribution in [2.75, 3.05) is 33.4 Å². The van der Waals surface area contributed by atoms with Gasteiger partial charge in [0.2, 0.25) is 0 Å². The highest BCUT2D eigenvalue weighted by Gasteiger charge is 2.05. The van der Waals surface area contributed by atoms with Crippen LogP contribution >= 0.6 is 24.0 Å². The molecule has 6 heteroatoms. The van der Waals surface area contributed by atoms with Crippen LogP contribution in [-0.4, -0.2) is 45.4 Å². The molecule has 0 radical (unpaired) electrons. The van der Waals surface area contributed by atoms with E-state index in [0.29, 0.717) is 13.2 Å². The molecule has 0 aliphatic rings. The summed E-state index contributed by atoms with van der Waals surface area (Å²) in [6, 6.07) is 10.5. The fourth-order valence-electron chi connectivity index (χ4n) is 2.18. The summed E-state index contributed by atoms with van der Waals surface area (Å²) in [6.07, 6.45) is 1.01. The molecule has 0 saturated carbocycles. The van der Waals surface area contributed by atoms with Crippen LogP contribution in [-0.2, 0) is 9.47 Å². The number of aliphatic imine (C=N–C) groups is 1. The van der Waals surface area contributed by atoms with Gasteiger partial charge in [0.25, 0.3) is 0 Å². The topological polar surface area (TPSA) is 54.9 Å². The average molecular weight is 449 g/mol. The molecule has 0 saturated heterocycles. The molecule has 24 heavy (non-hydrogen) atoms. The van der Waals surface area contributed by atoms with Crippen molar-refractivity contribution in [1.82, 2.24) is 10.6 Å². The van der Waals surface area contributed by atoms with Gasteiger partial charge in [-0.2, -0.15) is 0 Å². The quantitative estimate of drug-likeness (QED) is 0.249. The highest BCUT2D eigenvalue weighted by Crippen LogP contribution is 2.15. The second-order valence-electron chi connectivity index (χ2n) is 5.54. The third-order valence-corrected chi connectivity index (χ3v) is 3.35. The Hall–Kier alpha value is -0.860. The first-order valence-electron chi connectivity index (χ1n) is 8.37. The molecule has 0 aliphatic carbocycles. The third kappa shape index (κ3) is 10.1. The van der Waals surface area contributed by atoms with E-state index in [1.165, 1.54) is 5.56 Å². The number of ether oxygens (including phenoxy) is 2. The maximum absolute atomic E-state index is 5.86. The van der Waals surface area contributed by atoms with Crippen LogP contribution < -0.4 is 10.6 Å². The number of methoxy groups -OCH3 is 1. The standard InChI is InChI=1S/C18H31N3O2.HI/c1-5-19-18(21-15(2)14-22-4)20-12-9-13-23-16(3)17-10-7-6-8-11-17;/h6-8,10-11,15-16H,5,9,12-14H2,1-4H3,(H2,19,20,21);1H. The molecule has 0 spiro atoms. The van der Waals surface area contributed by atoms with Crippen LogP contribution in [0.15, 0.2) is 35.3 Å². The van der Waals surface area contributed by atoms with Crippen LogP contribution in [0.2, 0.25) is 0 Å². The van der Waals surface area contributed by atoms with E-state index < -0.39 is 0 Å². The predicted octanol–water partition coefficient (Wildman–Crippen LogP) is 3.36. The summed E-state index contributed by atoms with van der Waals surface area (Å²) >= 11 is 0. The summed E-state index contributed by atoms with van der Waals surface area (Å²) in [6.45, 7) is 9.14. The normalized spacial score (nSPS) is 13.8. The predicted molar refractivity (Wildman–Crippen MR) is 111 cm³/mol. The van der Waals surface area contributed by atoms with Crippen molar-refractivity contribution >= 4 is 29.9 Å². The Balaban J connectivity index is 0.00000529. The summed E-state index contributed by atoms with van der Waals surface area (Å²) in [5.41, 5.74) is 1.21. The Bertz CT molecular complexity index is 443. The number of nitrogens with zero attached hydrogens (tertiary/aromatic N) is 1. The molecule has 2 unspecified atom stereocenters. The molecule has 2 atom stereocenters. The second kappa shape index (κ2) is 14.5. The molecule has 1 aromatic rings. The van der Waals surface area contributed by atoms with Gasteiger partial charge in [-0.3, -0.25) is 4.99 Å². The maximum Gasteiger partial charge on any atom is 0.191 e. The van der Waals surface area contributed by atoms with Crippen molar-refractivity contribution in [2.24, 2.45) is 4.99 Å². The molecule has 0 aromatic heterocycles. The van der Waals surface area contributed by atoms with Gasteiger partial charge in [-0.05, 0) is 32.8 Å². The molecule has 2 N–H and O–H groups in total. The number of hydrogen-bond donors (Lipinski definition) is 2. The number of hydrogen-bond acceptors (Lipinski definition) is 3. The zero-order valence-corrected chi connectivity index (χ0v) is 17.6. The second-order valence-corrected chi connectivity index (χ2v) is 5.54. The maximum atomic E-state index is 5.86. The highest BCUT2D eigenvalue weighted by atomic mass is 127. The largest absolute Gasteiger partial charge is 0.383 e. The molecule has 0 bridgehead atoms. The molecule has 0 amide bonds.